The third kappa shape index (κ3) is 4.30. The Kier molecular flexibility index (Phi) is 6.37. The van der Waals surface area contributed by atoms with E-state index in [-0.39, 0.29) is 11.8 Å². The normalized spacial score (nSPS) is 18.0. The number of hydrogen-bond acceptors (Lipinski definition) is 5. The fourth-order valence-corrected chi connectivity index (χ4v) is 5.18. The molecule has 2 amide bonds. The van der Waals surface area contributed by atoms with E-state index in [1.165, 1.54) is 5.56 Å². The quantitative estimate of drug-likeness (QED) is 0.621. The van der Waals surface area contributed by atoms with Gasteiger partial charge in [0.2, 0.25) is 5.91 Å². The van der Waals surface area contributed by atoms with Gasteiger partial charge in [-0.3, -0.25) is 9.59 Å². The van der Waals surface area contributed by atoms with Gasteiger partial charge >= 0.3 is 0 Å². The molecular weight excluding hydrogens is 420 g/mol. The third-order valence-corrected chi connectivity index (χ3v) is 7.05. The number of nitrogens with zero attached hydrogens (tertiary/aromatic N) is 3. The summed E-state index contributed by atoms with van der Waals surface area (Å²) < 4.78 is 3.95. The van der Waals surface area contributed by atoms with Crippen molar-refractivity contribution < 1.29 is 9.59 Å². The second-order valence-corrected chi connectivity index (χ2v) is 9.24. The molecule has 1 N–H and O–H groups in total. The third-order valence-electron chi connectivity index (χ3n) is 6.29. The minimum atomic E-state index is -0.652. The Hall–Kier alpha value is -3.06. The number of nitrogens with one attached hydrogen (secondary N) is 1. The largest absolute Gasteiger partial charge is 0.359 e. The first-order chi connectivity index (χ1) is 15.5. The minimum Gasteiger partial charge on any atom is -0.359 e. The fourth-order valence-electron chi connectivity index (χ4n) is 4.46. The summed E-state index contributed by atoms with van der Waals surface area (Å²) in [6, 6.07) is 16.8. The summed E-state index contributed by atoms with van der Waals surface area (Å²) in [5.74, 6) is -0.0947. The highest BCUT2D eigenvalue weighted by Crippen LogP contribution is 2.36. The molecule has 1 aliphatic rings. The predicted molar refractivity (Wildman–Crippen MR) is 127 cm³/mol. The van der Waals surface area contributed by atoms with E-state index in [1.54, 1.807) is 11.9 Å². The highest BCUT2D eigenvalue weighted by molar-refractivity contribution is 7.08. The summed E-state index contributed by atoms with van der Waals surface area (Å²) in [4.78, 5) is 28.5. The molecular formula is C25H28N4O2S. The lowest BCUT2D eigenvalue weighted by atomic mass is 9.79. The number of hydrogen-bond donors (Lipinski definition) is 1. The van der Waals surface area contributed by atoms with Crippen LogP contribution in [0.4, 0.5) is 0 Å². The molecule has 2 heterocycles. The van der Waals surface area contributed by atoms with Gasteiger partial charge < -0.3 is 10.2 Å². The van der Waals surface area contributed by atoms with E-state index in [1.807, 2.05) is 13.0 Å². The van der Waals surface area contributed by atoms with E-state index in [9.17, 15) is 9.59 Å². The zero-order valence-corrected chi connectivity index (χ0v) is 19.5. The van der Waals surface area contributed by atoms with Gasteiger partial charge in [0.05, 0.1) is 11.1 Å². The molecule has 1 atom stereocenters. The number of aromatic nitrogens is 2. The number of rotatable bonds is 6. The average Bonchev–Trinajstić information content (AvgIpc) is 3.47. The van der Waals surface area contributed by atoms with Crippen LogP contribution in [0, 0.1) is 12.3 Å². The summed E-state index contributed by atoms with van der Waals surface area (Å²) in [5, 5.41) is 6.91. The van der Waals surface area contributed by atoms with Gasteiger partial charge in [0.25, 0.3) is 5.91 Å². The molecule has 0 saturated carbocycles. The Balaban J connectivity index is 1.58. The number of aryl methyl sites for hydroxylation is 2. The molecule has 1 unspecified atom stereocenters. The van der Waals surface area contributed by atoms with Gasteiger partial charge in [0.1, 0.15) is 4.88 Å². The summed E-state index contributed by atoms with van der Waals surface area (Å²) in [5.41, 5.74) is 4.67. The SMILES string of the molecule is CCc1nnsc1C(=O)N1CCC(Cc2cccc(-c3ccc(C)cc3)c2)(C(=O)NC)C1. The van der Waals surface area contributed by atoms with E-state index in [0.717, 1.165) is 33.9 Å². The van der Waals surface area contributed by atoms with Crippen molar-refractivity contribution in [1.29, 1.82) is 0 Å². The lowest BCUT2D eigenvalue weighted by molar-refractivity contribution is -0.129. The van der Waals surface area contributed by atoms with Crippen molar-refractivity contribution in [2.75, 3.05) is 20.1 Å². The van der Waals surface area contributed by atoms with Crippen LogP contribution in [0.5, 0.6) is 0 Å². The summed E-state index contributed by atoms with van der Waals surface area (Å²) in [7, 11) is 1.67. The molecule has 0 radical (unpaired) electrons. The van der Waals surface area contributed by atoms with Gasteiger partial charge in [-0.1, -0.05) is 65.5 Å². The van der Waals surface area contributed by atoms with Crippen molar-refractivity contribution in [3.05, 3.63) is 70.2 Å². The molecule has 1 fully saturated rings. The number of likely N-dealkylation sites (tertiary alicyclic amines) is 1. The van der Waals surface area contributed by atoms with Gasteiger partial charge in [-0.2, -0.15) is 0 Å². The molecule has 1 aromatic heterocycles. The number of carbonyl (C=O) groups excluding carboxylic acids is 2. The van der Waals surface area contributed by atoms with Gasteiger partial charge in [-0.15, -0.1) is 5.10 Å². The van der Waals surface area contributed by atoms with Crippen molar-refractivity contribution in [3.8, 4) is 11.1 Å². The molecule has 0 spiro atoms. The number of carbonyl (C=O) groups is 2. The maximum absolute atomic E-state index is 13.1. The molecule has 0 aliphatic carbocycles. The van der Waals surface area contributed by atoms with Crippen LogP contribution in [0.1, 0.15) is 39.8 Å². The molecule has 3 aromatic rings. The molecule has 4 rings (SSSR count). The van der Waals surface area contributed by atoms with Crippen LogP contribution in [0.3, 0.4) is 0 Å². The van der Waals surface area contributed by atoms with E-state index < -0.39 is 5.41 Å². The zero-order chi connectivity index (χ0) is 22.7. The van der Waals surface area contributed by atoms with Crippen LogP contribution >= 0.6 is 11.5 Å². The molecule has 2 aromatic carbocycles. The fraction of sp³-hybridized carbons (Fsp3) is 0.360. The monoisotopic (exact) mass is 448 g/mol. The topological polar surface area (TPSA) is 75.2 Å². The first kappa shape index (κ1) is 22.1. The lowest BCUT2D eigenvalue weighted by Gasteiger charge is -2.28. The van der Waals surface area contributed by atoms with Crippen LogP contribution in [-0.2, 0) is 17.6 Å². The Morgan fingerprint density at radius 1 is 1.16 bits per heavy atom. The van der Waals surface area contributed by atoms with Crippen LogP contribution in [-0.4, -0.2) is 46.4 Å². The molecule has 1 saturated heterocycles. The molecule has 7 heteroatoms. The van der Waals surface area contributed by atoms with Crippen LogP contribution in [0.15, 0.2) is 48.5 Å². The predicted octanol–water partition coefficient (Wildman–Crippen LogP) is 3.90. The minimum absolute atomic E-state index is 0.0216. The zero-order valence-electron chi connectivity index (χ0n) is 18.7. The molecule has 6 nitrogen and oxygen atoms in total. The van der Waals surface area contributed by atoms with Crippen LogP contribution in [0.2, 0.25) is 0 Å². The average molecular weight is 449 g/mol. The summed E-state index contributed by atoms with van der Waals surface area (Å²) in [6.45, 7) is 4.98. The molecule has 0 bridgehead atoms. The van der Waals surface area contributed by atoms with Gasteiger partial charge in [0, 0.05) is 20.1 Å². The smallest absolute Gasteiger partial charge is 0.267 e. The summed E-state index contributed by atoms with van der Waals surface area (Å²) in [6.07, 6.45) is 1.87. The highest BCUT2D eigenvalue weighted by Gasteiger charge is 2.46. The van der Waals surface area contributed by atoms with Crippen molar-refractivity contribution >= 4 is 23.3 Å². The lowest BCUT2D eigenvalue weighted by Crippen LogP contribution is -2.44. The van der Waals surface area contributed by atoms with E-state index in [0.29, 0.717) is 37.2 Å². The van der Waals surface area contributed by atoms with Gasteiger partial charge in [-0.25, -0.2) is 0 Å². The maximum Gasteiger partial charge on any atom is 0.267 e. The second kappa shape index (κ2) is 9.20. The highest BCUT2D eigenvalue weighted by atomic mass is 32.1. The molecule has 1 aliphatic heterocycles. The number of amides is 2. The van der Waals surface area contributed by atoms with Crippen molar-refractivity contribution in [1.82, 2.24) is 19.8 Å². The van der Waals surface area contributed by atoms with Gasteiger partial charge in [-0.05, 0) is 54.4 Å². The van der Waals surface area contributed by atoms with Crippen molar-refractivity contribution in [2.24, 2.45) is 5.41 Å². The van der Waals surface area contributed by atoms with E-state index in [4.69, 9.17) is 0 Å². The first-order valence-electron chi connectivity index (χ1n) is 10.9. The van der Waals surface area contributed by atoms with Crippen molar-refractivity contribution in [2.45, 2.75) is 33.1 Å². The van der Waals surface area contributed by atoms with E-state index >= 15 is 0 Å². The number of benzene rings is 2. The van der Waals surface area contributed by atoms with Crippen molar-refractivity contribution in [3.63, 3.8) is 0 Å². The Labute approximate surface area is 192 Å². The first-order valence-corrected chi connectivity index (χ1v) is 11.7. The maximum atomic E-state index is 13.1. The second-order valence-electron chi connectivity index (χ2n) is 8.48. The Morgan fingerprint density at radius 2 is 1.94 bits per heavy atom. The molecule has 32 heavy (non-hydrogen) atoms. The Bertz CT molecular complexity index is 1120. The molecule has 166 valence electrons. The van der Waals surface area contributed by atoms with Crippen LogP contribution < -0.4 is 5.32 Å². The van der Waals surface area contributed by atoms with Crippen LogP contribution in [0.25, 0.3) is 11.1 Å². The Morgan fingerprint density at radius 3 is 2.66 bits per heavy atom. The van der Waals surface area contributed by atoms with Gasteiger partial charge in [0.15, 0.2) is 0 Å². The standard InChI is InChI=1S/C25H28N4O2S/c1-4-21-22(32-28-27-21)23(30)29-13-12-25(16-29,24(31)26-3)15-18-6-5-7-20(14-18)19-10-8-17(2)9-11-19/h5-11,14H,4,12-13,15-16H2,1-3H3,(H,26,31). The summed E-state index contributed by atoms with van der Waals surface area (Å²) >= 11 is 1.14. The van der Waals surface area contributed by atoms with E-state index in [2.05, 4.69) is 64.3 Å².